The van der Waals surface area contributed by atoms with E-state index >= 15 is 0 Å². The van der Waals surface area contributed by atoms with Crippen LogP contribution in [0.3, 0.4) is 0 Å². The zero-order chi connectivity index (χ0) is 36.5. The van der Waals surface area contributed by atoms with Crippen LogP contribution < -0.4 is 0 Å². The fraction of sp³-hybridized carbons (Fsp3) is 0.833. The fourth-order valence-electron chi connectivity index (χ4n) is 5.56. The molecular weight excluding hydrogens is 655 g/mol. The number of rotatable bonds is 28. The molecule has 0 spiro atoms. The van der Waals surface area contributed by atoms with Gasteiger partial charge in [-0.15, -0.1) is 0 Å². The van der Waals surface area contributed by atoms with Crippen LogP contribution >= 0.6 is 7.82 Å². The van der Waals surface area contributed by atoms with Crippen LogP contribution in [0.2, 0.25) is 0 Å². The first-order valence-corrected chi connectivity index (χ1v) is 20.0. The van der Waals surface area contributed by atoms with E-state index in [0.29, 0.717) is 32.1 Å². The SMILES string of the molecule is CCCCC[C@H](O)/C=C/[C@H]1OC(O)C[C@H](O)[C@@H]1C/C=C\CCCC(=O)O[C@H](COC(=O)CCCCCCCCC(C)CC)COP(=O)(O)O. The van der Waals surface area contributed by atoms with Crippen molar-refractivity contribution in [3.05, 3.63) is 24.3 Å². The number of hydrogen-bond donors (Lipinski definition) is 5. The standard InChI is InChI=1S/C36H65O12P/c1-4-6-13-19-29(37)23-24-33-31(32(38)25-36(41)48-33)20-15-11-12-17-22-35(40)47-30(27-46-49(42,43)44)26-45-34(39)21-16-10-8-7-9-14-18-28(3)5-2/h11,15,23-24,28-33,36-38,41H,4-10,12-14,16-22,25-27H2,1-3H3,(H2,42,43,44)/b15-11-,24-23+/t28?,29-,30+,31-,32-,33+,36?/m0/s1. The predicted octanol–water partition coefficient (Wildman–Crippen LogP) is 6.42. The van der Waals surface area contributed by atoms with Crippen LogP contribution in [0.1, 0.15) is 136 Å². The Bertz CT molecular complexity index is 983. The molecule has 0 amide bonds. The minimum atomic E-state index is -4.82. The van der Waals surface area contributed by atoms with Crippen molar-refractivity contribution in [1.29, 1.82) is 0 Å². The maximum Gasteiger partial charge on any atom is 0.469 e. The monoisotopic (exact) mass is 720 g/mol. The third-order valence-corrected chi connectivity index (χ3v) is 9.29. The van der Waals surface area contributed by atoms with Crippen molar-refractivity contribution in [3.8, 4) is 0 Å². The molecule has 0 radical (unpaired) electrons. The van der Waals surface area contributed by atoms with Crippen molar-refractivity contribution in [2.75, 3.05) is 13.2 Å². The van der Waals surface area contributed by atoms with Crippen LogP contribution in [-0.2, 0) is 32.9 Å². The molecule has 0 bridgehead atoms. The molecule has 1 fully saturated rings. The summed E-state index contributed by atoms with van der Waals surface area (Å²) in [7, 11) is -4.82. The minimum absolute atomic E-state index is 0.0185. The lowest BCUT2D eigenvalue weighted by Crippen LogP contribution is -2.43. The summed E-state index contributed by atoms with van der Waals surface area (Å²) in [6.07, 6.45) is 16.9. The first kappa shape index (κ1) is 45.4. The second kappa shape index (κ2) is 27.1. The van der Waals surface area contributed by atoms with Gasteiger partial charge in [0.25, 0.3) is 0 Å². The zero-order valence-electron chi connectivity index (χ0n) is 30.0. The largest absolute Gasteiger partial charge is 0.469 e. The van der Waals surface area contributed by atoms with Crippen LogP contribution in [0.15, 0.2) is 24.3 Å². The summed E-state index contributed by atoms with van der Waals surface area (Å²) in [6, 6.07) is 0. The minimum Gasteiger partial charge on any atom is -0.462 e. The molecule has 0 aliphatic carbocycles. The van der Waals surface area contributed by atoms with Crippen molar-refractivity contribution < 1.29 is 58.0 Å². The van der Waals surface area contributed by atoms with Gasteiger partial charge in [0.1, 0.15) is 6.61 Å². The average Bonchev–Trinajstić information content (AvgIpc) is 3.04. The van der Waals surface area contributed by atoms with Gasteiger partial charge in [-0.2, -0.15) is 0 Å². The van der Waals surface area contributed by atoms with Crippen LogP contribution in [0.4, 0.5) is 0 Å². The van der Waals surface area contributed by atoms with Gasteiger partial charge in [0.05, 0.1) is 24.9 Å². The highest BCUT2D eigenvalue weighted by molar-refractivity contribution is 7.46. The quantitative estimate of drug-likeness (QED) is 0.0259. The lowest BCUT2D eigenvalue weighted by atomic mass is 9.87. The summed E-state index contributed by atoms with van der Waals surface area (Å²) in [6.45, 7) is 5.58. The number of carbonyl (C=O) groups excluding carboxylic acids is 2. The Morgan fingerprint density at radius 3 is 2.27 bits per heavy atom. The van der Waals surface area contributed by atoms with E-state index in [1.54, 1.807) is 12.2 Å². The molecule has 0 aromatic carbocycles. The van der Waals surface area contributed by atoms with Crippen molar-refractivity contribution >= 4 is 19.8 Å². The van der Waals surface area contributed by atoms with Gasteiger partial charge in [0.15, 0.2) is 12.4 Å². The van der Waals surface area contributed by atoms with Gasteiger partial charge in [-0.3, -0.25) is 14.1 Å². The Morgan fingerprint density at radius 2 is 1.57 bits per heavy atom. The second-order valence-electron chi connectivity index (χ2n) is 13.3. The van der Waals surface area contributed by atoms with Crippen molar-refractivity contribution in [3.63, 3.8) is 0 Å². The molecular formula is C36H65O12P. The highest BCUT2D eigenvalue weighted by Gasteiger charge is 2.35. The molecule has 1 aliphatic rings. The van der Waals surface area contributed by atoms with E-state index in [1.165, 1.54) is 25.7 Å². The molecule has 1 aliphatic heterocycles. The lowest BCUT2D eigenvalue weighted by molar-refractivity contribution is -0.199. The number of aliphatic hydroxyl groups is 3. The summed E-state index contributed by atoms with van der Waals surface area (Å²) < 4.78 is 31.9. The number of phosphoric acid groups is 1. The molecule has 49 heavy (non-hydrogen) atoms. The van der Waals surface area contributed by atoms with Crippen LogP contribution in [0.5, 0.6) is 0 Å². The molecule has 0 aromatic rings. The van der Waals surface area contributed by atoms with E-state index in [-0.39, 0.29) is 31.8 Å². The average molecular weight is 721 g/mol. The number of ether oxygens (including phenoxy) is 3. The Balaban J connectivity index is 2.44. The smallest absolute Gasteiger partial charge is 0.462 e. The normalized spacial score (nSPS) is 22.0. The molecule has 5 N–H and O–H groups in total. The van der Waals surface area contributed by atoms with Crippen LogP contribution in [0, 0.1) is 11.8 Å². The number of carbonyl (C=O) groups is 2. The van der Waals surface area contributed by atoms with E-state index in [2.05, 4.69) is 25.3 Å². The van der Waals surface area contributed by atoms with E-state index in [0.717, 1.165) is 44.4 Å². The molecule has 0 saturated carbocycles. The molecule has 7 atom stereocenters. The van der Waals surface area contributed by atoms with Crippen LogP contribution in [-0.4, -0.2) is 81.0 Å². The summed E-state index contributed by atoms with van der Waals surface area (Å²) in [5.74, 6) is -0.642. The second-order valence-corrected chi connectivity index (χ2v) is 14.6. The number of allylic oxidation sites excluding steroid dienone is 2. The maximum absolute atomic E-state index is 12.5. The molecule has 12 nitrogen and oxygen atoms in total. The maximum atomic E-state index is 12.5. The third-order valence-electron chi connectivity index (χ3n) is 8.81. The lowest BCUT2D eigenvalue weighted by Gasteiger charge is -2.36. The van der Waals surface area contributed by atoms with Crippen LogP contribution in [0.25, 0.3) is 0 Å². The first-order chi connectivity index (χ1) is 23.3. The van der Waals surface area contributed by atoms with E-state index in [9.17, 15) is 29.5 Å². The van der Waals surface area contributed by atoms with Gasteiger partial charge in [0, 0.05) is 25.2 Å². The van der Waals surface area contributed by atoms with E-state index in [1.807, 2.05) is 12.2 Å². The van der Waals surface area contributed by atoms with Crippen molar-refractivity contribution in [2.24, 2.45) is 11.8 Å². The Kier molecular flexibility index (Phi) is 25.1. The van der Waals surface area contributed by atoms with Gasteiger partial charge < -0.3 is 39.3 Å². The summed E-state index contributed by atoms with van der Waals surface area (Å²) in [4.78, 5) is 42.8. The Morgan fingerprint density at radius 1 is 0.898 bits per heavy atom. The Labute approximate surface area is 293 Å². The van der Waals surface area contributed by atoms with Gasteiger partial charge in [-0.1, -0.05) is 109 Å². The molecule has 1 saturated heterocycles. The number of esters is 2. The number of unbranched alkanes of at least 4 members (excludes halogenated alkanes) is 8. The molecule has 1 heterocycles. The van der Waals surface area contributed by atoms with Gasteiger partial charge in [0.2, 0.25) is 0 Å². The number of aliphatic hydroxyl groups excluding tert-OH is 3. The third kappa shape index (κ3) is 24.2. The molecule has 0 aromatic heterocycles. The Hall–Kier alpha value is -1.63. The zero-order valence-corrected chi connectivity index (χ0v) is 30.9. The molecule has 2 unspecified atom stereocenters. The highest BCUT2D eigenvalue weighted by Crippen LogP contribution is 2.36. The highest BCUT2D eigenvalue weighted by atomic mass is 31.2. The van der Waals surface area contributed by atoms with E-state index < -0.39 is 57.1 Å². The first-order valence-electron chi connectivity index (χ1n) is 18.4. The summed E-state index contributed by atoms with van der Waals surface area (Å²) >= 11 is 0. The predicted molar refractivity (Wildman–Crippen MR) is 187 cm³/mol. The summed E-state index contributed by atoms with van der Waals surface area (Å²) in [5, 5.41) is 30.8. The van der Waals surface area contributed by atoms with Gasteiger partial charge in [-0.05, 0) is 38.0 Å². The van der Waals surface area contributed by atoms with Crippen molar-refractivity contribution in [1.82, 2.24) is 0 Å². The fourth-order valence-corrected chi connectivity index (χ4v) is 5.92. The van der Waals surface area contributed by atoms with E-state index in [4.69, 9.17) is 24.0 Å². The molecule has 13 heteroatoms. The topological polar surface area (TPSA) is 189 Å². The number of hydrogen-bond acceptors (Lipinski definition) is 10. The molecule has 1 rings (SSSR count). The number of phosphoric ester groups is 1. The van der Waals surface area contributed by atoms with Crippen molar-refractivity contribution in [2.45, 2.75) is 167 Å². The molecule has 286 valence electrons. The summed E-state index contributed by atoms with van der Waals surface area (Å²) in [5.41, 5.74) is 0. The van der Waals surface area contributed by atoms with Gasteiger partial charge >= 0.3 is 19.8 Å². The van der Waals surface area contributed by atoms with Gasteiger partial charge in [-0.25, -0.2) is 4.57 Å².